The zero-order valence-corrected chi connectivity index (χ0v) is 10.7. The molecule has 0 radical (unpaired) electrons. The molecular formula is C14H12F2N2O2. The summed E-state index contributed by atoms with van der Waals surface area (Å²) in [6.07, 6.45) is 0. The number of rotatable bonds is 4. The van der Waals surface area contributed by atoms with Crippen LogP contribution in [-0.2, 0) is 6.54 Å². The smallest absolute Gasteiger partial charge is 0.327 e. The molecule has 1 N–H and O–H groups in total. The van der Waals surface area contributed by atoms with Gasteiger partial charge in [0.2, 0.25) is 5.82 Å². The third-order valence-corrected chi connectivity index (χ3v) is 2.81. The van der Waals surface area contributed by atoms with Gasteiger partial charge in [0, 0.05) is 18.7 Å². The second-order valence-electron chi connectivity index (χ2n) is 4.38. The van der Waals surface area contributed by atoms with Gasteiger partial charge in [0.15, 0.2) is 0 Å². The van der Waals surface area contributed by atoms with Gasteiger partial charge in [-0.05, 0) is 12.5 Å². The van der Waals surface area contributed by atoms with Gasteiger partial charge in [-0.25, -0.2) is 4.39 Å². The standard InChI is InChI=1S/C14H12F2N2O2/c1-9-2-4-10(5-3-9)8-17-13-7-11(15)6-12(16)14(13)18(19)20/h2-7,17H,8H2,1H3. The molecule has 0 atom stereocenters. The lowest BCUT2D eigenvalue weighted by Gasteiger charge is -2.08. The van der Waals surface area contributed by atoms with Crippen LogP contribution in [0.1, 0.15) is 11.1 Å². The molecule has 20 heavy (non-hydrogen) atoms. The van der Waals surface area contributed by atoms with Crippen LogP contribution in [0.5, 0.6) is 0 Å². The van der Waals surface area contributed by atoms with Gasteiger partial charge in [0.1, 0.15) is 11.5 Å². The Labute approximate surface area is 114 Å². The molecular weight excluding hydrogens is 266 g/mol. The SMILES string of the molecule is Cc1ccc(CNc2cc(F)cc(F)c2[N+](=O)[O-])cc1. The number of nitro groups is 1. The van der Waals surface area contributed by atoms with Crippen LogP contribution in [0.2, 0.25) is 0 Å². The van der Waals surface area contributed by atoms with Crippen LogP contribution < -0.4 is 5.32 Å². The zero-order valence-electron chi connectivity index (χ0n) is 10.7. The molecule has 0 aliphatic carbocycles. The average molecular weight is 278 g/mol. The molecule has 0 saturated heterocycles. The van der Waals surface area contributed by atoms with Crippen molar-refractivity contribution in [3.05, 3.63) is 69.3 Å². The number of halogens is 2. The lowest BCUT2D eigenvalue weighted by atomic mass is 10.1. The molecule has 0 heterocycles. The minimum absolute atomic E-state index is 0.173. The molecule has 104 valence electrons. The van der Waals surface area contributed by atoms with Crippen molar-refractivity contribution in [2.24, 2.45) is 0 Å². The molecule has 2 aromatic carbocycles. The van der Waals surface area contributed by atoms with E-state index >= 15 is 0 Å². The molecule has 0 spiro atoms. The van der Waals surface area contributed by atoms with Gasteiger partial charge in [-0.3, -0.25) is 10.1 Å². The van der Waals surface area contributed by atoms with Crippen molar-refractivity contribution >= 4 is 11.4 Å². The first-order valence-corrected chi connectivity index (χ1v) is 5.90. The molecule has 0 fully saturated rings. The van der Waals surface area contributed by atoms with Gasteiger partial charge in [-0.15, -0.1) is 0 Å². The monoisotopic (exact) mass is 278 g/mol. The molecule has 2 aromatic rings. The number of anilines is 1. The number of aryl methyl sites for hydroxylation is 1. The summed E-state index contributed by atoms with van der Waals surface area (Å²) in [5, 5.41) is 13.5. The van der Waals surface area contributed by atoms with E-state index in [-0.39, 0.29) is 12.2 Å². The number of nitro benzene ring substituents is 1. The van der Waals surface area contributed by atoms with Crippen molar-refractivity contribution in [3.8, 4) is 0 Å². The highest BCUT2D eigenvalue weighted by Crippen LogP contribution is 2.29. The fraction of sp³-hybridized carbons (Fsp3) is 0.143. The van der Waals surface area contributed by atoms with E-state index in [9.17, 15) is 18.9 Å². The number of hydrogen-bond donors (Lipinski definition) is 1. The summed E-state index contributed by atoms with van der Waals surface area (Å²) in [5.74, 6) is -2.05. The molecule has 2 rings (SSSR count). The number of benzene rings is 2. The highest BCUT2D eigenvalue weighted by atomic mass is 19.1. The third kappa shape index (κ3) is 3.09. The summed E-state index contributed by atoms with van der Waals surface area (Å²) in [6, 6.07) is 8.85. The van der Waals surface area contributed by atoms with Gasteiger partial charge in [-0.1, -0.05) is 29.8 Å². The van der Waals surface area contributed by atoms with Crippen LogP contribution in [0.3, 0.4) is 0 Å². The summed E-state index contributed by atoms with van der Waals surface area (Å²) in [7, 11) is 0. The maximum atomic E-state index is 13.4. The van der Waals surface area contributed by atoms with E-state index in [4.69, 9.17) is 0 Å². The second-order valence-corrected chi connectivity index (χ2v) is 4.38. The van der Waals surface area contributed by atoms with E-state index < -0.39 is 22.2 Å². The number of nitrogens with zero attached hydrogens (tertiary/aromatic N) is 1. The maximum absolute atomic E-state index is 13.4. The van der Waals surface area contributed by atoms with E-state index in [1.165, 1.54) is 0 Å². The Morgan fingerprint density at radius 3 is 2.45 bits per heavy atom. The summed E-state index contributed by atoms with van der Waals surface area (Å²) in [5.41, 5.74) is 1.01. The van der Waals surface area contributed by atoms with E-state index in [1.807, 2.05) is 31.2 Å². The summed E-state index contributed by atoms with van der Waals surface area (Å²) in [4.78, 5) is 9.94. The second kappa shape index (κ2) is 5.64. The van der Waals surface area contributed by atoms with Gasteiger partial charge < -0.3 is 5.32 Å². The molecule has 0 aromatic heterocycles. The van der Waals surface area contributed by atoms with Gasteiger partial charge >= 0.3 is 5.69 Å². The summed E-state index contributed by atoms with van der Waals surface area (Å²) in [6.45, 7) is 2.17. The Bertz CT molecular complexity index is 642. The van der Waals surface area contributed by atoms with Crippen molar-refractivity contribution < 1.29 is 13.7 Å². The van der Waals surface area contributed by atoms with Crippen LogP contribution >= 0.6 is 0 Å². The van der Waals surface area contributed by atoms with Crippen molar-refractivity contribution in [1.29, 1.82) is 0 Å². The van der Waals surface area contributed by atoms with Crippen LogP contribution in [-0.4, -0.2) is 4.92 Å². The van der Waals surface area contributed by atoms with Gasteiger partial charge in [0.05, 0.1) is 4.92 Å². The Kier molecular flexibility index (Phi) is 3.93. The molecule has 0 saturated carbocycles. The first kappa shape index (κ1) is 13.9. The first-order chi connectivity index (χ1) is 9.47. The Morgan fingerprint density at radius 1 is 1.20 bits per heavy atom. The molecule has 0 unspecified atom stereocenters. The molecule has 6 heteroatoms. The first-order valence-electron chi connectivity index (χ1n) is 5.90. The zero-order chi connectivity index (χ0) is 14.7. The summed E-state index contributed by atoms with van der Waals surface area (Å²) < 4.78 is 26.6. The molecule has 4 nitrogen and oxygen atoms in total. The summed E-state index contributed by atoms with van der Waals surface area (Å²) >= 11 is 0. The largest absolute Gasteiger partial charge is 0.375 e. The van der Waals surface area contributed by atoms with Crippen molar-refractivity contribution in [2.75, 3.05) is 5.32 Å². The van der Waals surface area contributed by atoms with E-state index in [0.717, 1.165) is 17.2 Å². The van der Waals surface area contributed by atoms with Crippen molar-refractivity contribution in [3.63, 3.8) is 0 Å². The normalized spacial score (nSPS) is 10.3. The lowest BCUT2D eigenvalue weighted by molar-refractivity contribution is -0.386. The van der Waals surface area contributed by atoms with Crippen molar-refractivity contribution in [1.82, 2.24) is 0 Å². The quantitative estimate of drug-likeness (QED) is 0.683. The van der Waals surface area contributed by atoms with Gasteiger partial charge in [-0.2, -0.15) is 4.39 Å². The lowest BCUT2D eigenvalue weighted by Crippen LogP contribution is -2.05. The Balaban J connectivity index is 2.24. The molecule has 0 aliphatic rings. The topological polar surface area (TPSA) is 55.2 Å². The fourth-order valence-corrected chi connectivity index (χ4v) is 1.79. The number of hydrogen-bond acceptors (Lipinski definition) is 3. The minimum Gasteiger partial charge on any atom is -0.375 e. The van der Waals surface area contributed by atoms with Gasteiger partial charge in [0.25, 0.3) is 0 Å². The van der Waals surface area contributed by atoms with Crippen LogP contribution in [0.15, 0.2) is 36.4 Å². The molecule has 0 amide bonds. The van der Waals surface area contributed by atoms with Crippen LogP contribution in [0.4, 0.5) is 20.2 Å². The predicted octanol–water partition coefficient (Wildman–Crippen LogP) is 3.79. The van der Waals surface area contributed by atoms with Crippen LogP contribution in [0.25, 0.3) is 0 Å². The van der Waals surface area contributed by atoms with E-state index in [2.05, 4.69) is 5.32 Å². The average Bonchev–Trinajstić information content (AvgIpc) is 2.36. The third-order valence-electron chi connectivity index (χ3n) is 2.81. The Morgan fingerprint density at radius 2 is 1.85 bits per heavy atom. The van der Waals surface area contributed by atoms with Crippen LogP contribution in [0, 0.1) is 28.7 Å². The van der Waals surface area contributed by atoms with E-state index in [1.54, 1.807) is 0 Å². The molecule has 0 aliphatic heterocycles. The highest BCUT2D eigenvalue weighted by Gasteiger charge is 2.21. The minimum atomic E-state index is -1.19. The highest BCUT2D eigenvalue weighted by molar-refractivity contribution is 5.62. The predicted molar refractivity (Wildman–Crippen MR) is 71.5 cm³/mol. The molecule has 0 bridgehead atoms. The van der Waals surface area contributed by atoms with E-state index in [0.29, 0.717) is 6.07 Å². The maximum Gasteiger partial charge on any atom is 0.327 e. The number of nitrogens with one attached hydrogen (secondary N) is 1. The fourth-order valence-electron chi connectivity index (χ4n) is 1.79. The van der Waals surface area contributed by atoms with Crippen molar-refractivity contribution in [2.45, 2.75) is 13.5 Å². The Hall–Kier alpha value is -2.50.